The van der Waals surface area contributed by atoms with E-state index in [2.05, 4.69) is 30.0 Å². The second-order valence-electron chi connectivity index (χ2n) is 4.99. The van der Waals surface area contributed by atoms with Gasteiger partial charge in [-0.25, -0.2) is 0 Å². The fraction of sp³-hybridized carbons (Fsp3) is 0.500. The van der Waals surface area contributed by atoms with Gasteiger partial charge in [0.05, 0.1) is 6.54 Å². The van der Waals surface area contributed by atoms with Crippen molar-refractivity contribution in [3.8, 4) is 0 Å². The molecule has 18 heavy (non-hydrogen) atoms. The lowest BCUT2D eigenvalue weighted by Crippen LogP contribution is -2.48. The molecule has 0 saturated carbocycles. The molecule has 1 fully saturated rings. The molecule has 0 bridgehead atoms. The molecule has 2 rings (SSSR count). The second kappa shape index (κ2) is 5.50. The number of aryl methyl sites for hydroxylation is 1. The molecule has 1 amide bonds. The highest BCUT2D eigenvalue weighted by atomic mass is 16.2. The summed E-state index contributed by atoms with van der Waals surface area (Å²) < 4.78 is 0. The Bertz CT molecular complexity index is 445. The van der Waals surface area contributed by atoms with Crippen LogP contribution in [-0.4, -0.2) is 42.4 Å². The van der Waals surface area contributed by atoms with Gasteiger partial charge in [-0.15, -0.1) is 0 Å². The van der Waals surface area contributed by atoms with Gasteiger partial charge >= 0.3 is 0 Å². The summed E-state index contributed by atoms with van der Waals surface area (Å²) >= 11 is 0. The summed E-state index contributed by atoms with van der Waals surface area (Å²) in [5.41, 5.74) is 9.32. The number of nitrogens with two attached hydrogens (primary N) is 1. The van der Waals surface area contributed by atoms with E-state index in [1.807, 2.05) is 7.05 Å². The second-order valence-corrected chi connectivity index (χ2v) is 4.99. The van der Waals surface area contributed by atoms with E-state index < -0.39 is 0 Å². The highest BCUT2D eigenvalue weighted by Crippen LogP contribution is 2.14. The van der Waals surface area contributed by atoms with Crippen molar-refractivity contribution in [1.29, 1.82) is 0 Å². The highest BCUT2D eigenvalue weighted by molar-refractivity contribution is 5.78. The smallest absolute Gasteiger partial charge is 0.236 e. The standard InChI is InChI=1S/C14H21N3O/c1-11-7-12(8-15)3-4-13(11)9-17-6-5-16(2)14(18)10-17/h3-4,7H,5-6,8-10,15H2,1-2H3. The number of rotatable bonds is 3. The molecule has 0 radical (unpaired) electrons. The zero-order valence-electron chi connectivity index (χ0n) is 11.1. The first-order valence-corrected chi connectivity index (χ1v) is 6.35. The Hall–Kier alpha value is -1.39. The molecule has 1 aromatic rings. The van der Waals surface area contributed by atoms with E-state index in [1.54, 1.807) is 4.90 Å². The van der Waals surface area contributed by atoms with Crippen molar-refractivity contribution in [2.24, 2.45) is 5.73 Å². The van der Waals surface area contributed by atoms with Gasteiger partial charge in [-0.1, -0.05) is 18.2 Å². The predicted molar refractivity (Wildman–Crippen MR) is 72.0 cm³/mol. The maximum atomic E-state index is 11.6. The Morgan fingerprint density at radius 3 is 2.72 bits per heavy atom. The fourth-order valence-corrected chi connectivity index (χ4v) is 2.25. The van der Waals surface area contributed by atoms with Gasteiger partial charge in [0.1, 0.15) is 0 Å². The average molecular weight is 247 g/mol. The molecule has 98 valence electrons. The summed E-state index contributed by atoms with van der Waals surface area (Å²) in [5.74, 6) is 0.206. The van der Waals surface area contributed by atoms with E-state index >= 15 is 0 Å². The molecule has 2 N–H and O–H groups in total. The first-order valence-electron chi connectivity index (χ1n) is 6.35. The number of carbonyl (C=O) groups is 1. The molecule has 1 heterocycles. The van der Waals surface area contributed by atoms with Crippen molar-refractivity contribution >= 4 is 5.91 Å². The van der Waals surface area contributed by atoms with Gasteiger partial charge in [0.25, 0.3) is 0 Å². The van der Waals surface area contributed by atoms with E-state index in [-0.39, 0.29) is 5.91 Å². The first-order chi connectivity index (χ1) is 8.60. The van der Waals surface area contributed by atoms with Gasteiger partial charge in [-0.3, -0.25) is 9.69 Å². The Labute approximate surface area is 108 Å². The minimum Gasteiger partial charge on any atom is -0.343 e. The zero-order chi connectivity index (χ0) is 13.1. The molecule has 1 aliphatic rings. The van der Waals surface area contributed by atoms with Gasteiger partial charge in [-0.05, 0) is 23.6 Å². The van der Waals surface area contributed by atoms with Gasteiger partial charge in [0.2, 0.25) is 5.91 Å². The van der Waals surface area contributed by atoms with Crippen molar-refractivity contribution in [3.05, 3.63) is 34.9 Å². The molecule has 0 atom stereocenters. The Balaban J connectivity index is 2.03. The lowest BCUT2D eigenvalue weighted by Gasteiger charge is -2.32. The van der Waals surface area contributed by atoms with Gasteiger partial charge in [-0.2, -0.15) is 0 Å². The highest BCUT2D eigenvalue weighted by Gasteiger charge is 2.21. The third kappa shape index (κ3) is 2.89. The van der Waals surface area contributed by atoms with Crippen molar-refractivity contribution in [3.63, 3.8) is 0 Å². The average Bonchev–Trinajstić information content (AvgIpc) is 2.36. The third-order valence-corrected chi connectivity index (χ3v) is 3.57. The number of hydrogen-bond donors (Lipinski definition) is 1. The van der Waals surface area contributed by atoms with Crippen LogP contribution in [0.15, 0.2) is 18.2 Å². The lowest BCUT2D eigenvalue weighted by atomic mass is 10.0. The molecule has 1 aliphatic heterocycles. The van der Waals surface area contributed by atoms with Gasteiger partial charge in [0.15, 0.2) is 0 Å². The normalized spacial score (nSPS) is 17.3. The van der Waals surface area contributed by atoms with Gasteiger partial charge < -0.3 is 10.6 Å². The van der Waals surface area contributed by atoms with Crippen LogP contribution in [0.2, 0.25) is 0 Å². The van der Waals surface area contributed by atoms with Crippen LogP contribution in [0.3, 0.4) is 0 Å². The quantitative estimate of drug-likeness (QED) is 0.856. The number of piperazine rings is 1. The van der Waals surface area contributed by atoms with Crippen LogP contribution in [0.5, 0.6) is 0 Å². The molecule has 0 spiro atoms. The maximum absolute atomic E-state index is 11.6. The zero-order valence-corrected chi connectivity index (χ0v) is 11.1. The molecule has 0 aromatic heterocycles. The Morgan fingerprint density at radius 2 is 2.11 bits per heavy atom. The summed E-state index contributed by atoms with van der Waals surface area (Å²) in [6.45, 7) is 5.81. The molecule has 4 heteroatoms. The fourth-order valence-electron chi connectivity index (χ4n) is 2.25. The monoisotopic (exact) mass is 247 g/mol. The summed E-state index contributed by atoms with van der Waals surface area (Å²) in [7, 11) is 1.86. The third-order valence-electron chi connectivity index (χ3n) is 3.57. The van der Waals surface area contributed by atoms with E-state index in [1.165, 1.54) is 11.1 Å². The minimum absolute atomic E-state index is 0.206. The Morgan fingerprint density at radius 1 is 1.33 bits per heavy atom. The molecule has 4 nitrogen and oxygen atoms in total. The van der Waals surface area contributed by atoms with Crippen LogP contribution >= 0.6 is 0 Å². The van der Waals surface area contributed by atoms with Gasteiger partial charge in [0, 0.05) is 33.2 Å². The molecular weight excluding hydrogens is 226 g/mol. The summed E-state index contributed by atoms with van der Waals surface area (Å²) in [5, 5.41) is 0. The number of hydrogen-bond acceptors (Lipinski definition) is 3. The summed E-state index contributed by atoms with van der Waals surface area (Å²) in [6.07, 6.45) is 0. The number of benzene rings is 1. The SMILES string of the molecule is Cc1cc(CN)ccc1CN1CCN(C)C(=O)C1. The van der Waals surface area contributed by atoms with Crippen LogP contribution in [0.1, 0.15) is 16.7 Å². The molecule has 0 aliphatic carbocycles. The van der Waals surface area contributed by atoms with Crippen LogP contribution < -0.4 is 5.73 Å². The van der Waals surface area contributed by atoms with E-state index in [4.69, 9.17) is 5.73 Å². The van der Waals surface area contributed by atoms with E-state index in [0.29, 0.717) is 13.1 Å². The van der Waals surface area contributed by atoms with Crippen LogP contribution in [0.25, 0.3) is 0 Å². The molecular formula is C14H21N3O. The first kappa shape index (κ1) is 13.1. The predicted octanol–water partition coefficient (Wildman–Crippen LogP) is 0.728. The van der Waals surface area contributed by atoms with Crippen LogP contribution in [-0.2, 0) is 17.9 Å². The Kier molecular flexibility index (Phi) is 3.99. The summed E-state index contributed by atoms with van der Waals surface area (Å²) in [6, 6.07) is 6.33. The minimum atomic E-state index is 0.206. The number of likely N-dealkylation sites (N-methyl/N-ethyl adjacent to an activating group) is 1. The van der Waals surface area contributed by atoms with Crippen molar-refractivity contribution in [1.82, 2.24) is 9.80 Å². The number of carbonyl (C=O) groups excluding carboxylic acids is 1. The molecule has 1 aromatic carbocycles. The van der Waals surface area contributed by atoms with Crippen molar-refractivity contribution in [2.75, 3.05) is 26.7 Å². The number of nitrogens with zero attached hydrogens (tertiary/aromatic N) is 2. The molecule has 0 unspecified atom stereocenters. The number of amides is 1. The summed E-state index contributed by atoms with van der Waals surface area (Å²) in [4.78, 5) is 15.6. The van der Waals surface area contributed by atoms with E-state index in [9.17, 15) is 4.79 Å². The van der Waals surface area contributed by atoms with Crippen LogP contribution in [0.4, 0.5) is 0 Å². The largest absolute Gasteiger partial charge is 0.343 e. The topological polar surface area (TPSA) is 49.6 Å². The van der Waals surface area contributed by atoms with Crippen molar-refractivity contribution < 1.29 is 4.79 Å². The van der Waals surface area contributed by atoms with E-state index in [0.717, 1.165) is 25.2 Å². The van der Waals surface area contributed by atoms with Crippen LogP contribution in [0, 0.1) is 6.92 Å². The molecule has 1 saturated heterocycles. The maximum Gasteiger partial charge on any atom is 0.236 e. The lowest BCUT2D eigenvalue weighted by molar-refractivity contribution is -0.134. The van der Waals surface area contributed by atoms with Crippen molar-refractivity contribution in [2.45, 2.75) is 20.0 Å².